The number of hydrogen-bond acceptors (Lipinski definition) is 5. The summed E-state index contributed by atoms with van der Waals surface area (Å²) in [6.45, 7) is 0. The molecule has 0 saturated carbocycles. The van der Waals surface area contributed by atoms with Crippen LogP contribution in [0.2, 0.25) is 0 Å². The highest BCUT2D eigenvalue weighted by atomic mass is 32.2. The molecule has 19 heavy (non-hydrogen) atoms. The summed E-state index contributed by atoms with van der Waals surface area (Å²) in [6.07, 6.45) is 2.29. The molecule has 0 spiro atoms. The molecule has 0 aliphatic heterocycles. The monoisotopic (exact) mass is 283 g/mol. The van der Waals surface area contributed by atoms with Gasteiger partial charge < -0.3 is 10.2 Å². The third-order valence-corrected chi connectivity index (χ3v) is 3.61. The van der Waals surface area contributed by atoms with E-state index in [-0.39, 0.29) is 10.6 Å². The molecular formula is C10H9N3O5S. The lowest BCUT2D eigenvalue weighted by Crippen LogP contribution is -2.12. The predicted octanol–water partition coefficient (Wildman–Crippen LogP) is 0.614. The quantitative estimate of drug-likeness (QED) is 0.608. The molecule has 1 aromatic heterocycles. The maximum atomic E-state index is 11.8. The van der Waals surface area contributed by atoms with E-state index in [0.29, 0.717) is 0 Å². The second kappa shape index (κ2) is 4.61. The van der Waals surface area contributed by atoms with Crippen molar-refractivity contribution in [3.63, 3.8) is 0 Å². The zero-order chi connectivity index (χ0) is 14.0. The summed E-state index contributed by atoms with van der Waals surface area (Å²) in [4.78, 5) is 10.7. The van der Waals surface area contributed by atoms with Crippen LogP contribution >= 0.6 is 0 Å². The fraction of sp³-hybridized carbons (Fsp3) is 0. The van der Waals surface area contributed by atoms with Crippen LogP contribution < -0.4 is 4.72 Å². The molecule has 4 N–H and O–H groups in total. The van der Waals surface area contributed by atoms with Crippen LogP contribution in [0.1, 0.15) is 10.4 Å². The van der Waals surface area contributed by atoms with Crippen LogP contribution in [0.15, 0.2) is 35.5 Å². The number of phenols is 1. The van der Waals surface area contributed by atoms with E-state index in [0.717, 1.165) is 18.3 Å². The fourth-order valence-electron chi connectivity index (χ4n) is 1.37. The number of aromatic nitrogens is 2. The van der Waals surface area contributed by atoms with Crippen LogP contribution in [0.5, 0.6) is 5.75 Å². The maximum absolute atomic E-state index is 11.8. The Hall–Kier alpha value is -2.55. The van der Waals surface area contributed by atoms with Crippen molar-refractivity contribution in [2.75, 3.05) is 4.72 Å². The van der Waals surface area contributed by atoms with Gasteiger partial charge in [0.25, 0.3) is 10.0 Å². The zero-order valence-electron chi connectivity index (χ0n) is 9.36. The van der Waals surface area contributed by atoms with Gasteiger partial charge in [0, 0.05) is 11.9 Å². The summed E-state index contributed by atoms with van der Waals surface area (Å²) in [5, 5.41) is 24.0. The number of rotatable bonds is 4. The summed E-state index contributed by atoms with van der Waals surface area (Å²) in [5.74, 6) is -1.80. The van der Waals surface area contributed by atoms with Crippen LogP contribution in [-0.2, 0) is 10.0 Å². The number of nitrogens with zero attached hydrogens (tertiary/aromatic N) is 1. The third-order valence-electron chi connectivity index (χ3n) is 2.26. The van der Waals surface area contributed by atoms with Crippen LogP contribution in [0.4, 0.5) is 5.69 Å². The van der Waals surface area contributed by atoms with Crippen LogP contribution in [-0.4, -0.2) is 34.8 Å². The number of carboxylic acid groups (broad SMARTS) is 1. The van der Waals surface area contributed by atoms with Crippen molar-refractivity contribution >= 4 is 21.7 Å². The summed E-state index contributed by atoms with van der Waals surface area (Å²) in [6, 6.07) is 3.37. The first-order chi connectivity index (χ1) is 8.90. The number of aromatic amines is 1. The minimum absolute atomic E-state index is 0.0244. The number of nitrogens with one attached hydrogen (secondary N) is 2. The molecule has 100 valence electrons. The summed E-state index contributed by atoms with van der Waals surface area (Å²) < 4.78 is 25.9. The van der Waals surface area contributed by atoms with Gasteiger partial charge in [0.1, 0.15) is 16.2 Å². The molecule has 0 aliphatic rings. The van der Waals surface area contributed by atoms with Gasteiger partial charge in [0.15, 0.2) is 0 Å². The SMILES string of the molecule is O=C(O)c1cc(NS(=O)(=O)c2cn[nH]c2)ccc1O. The number of carbonyl (C=O) groups is 1. The second-order valence-corrected chi connectivity index (χ2v) is 5.26. The Kier molecular flexibility index (Phi) is 3.13. The molecule has 0 bridgehead atoms. The Bertz CT molecular complexity index is 709. The van der Waals surface area contributed by atoms with Crippen molar-refractivity contribution in [1.29, 1.82) is 0 Å². The summed E-state index contributed by atoms with van der Waals surface area (Å²) in [7, 11) is -3.84. The fourth-order valence-corrected chi connectivity index (χ4v) is 2.33. The molecule has 0 aliphatic carbocycles. The molecule has 0 radical (unpaired) electrons. The van der Waals surface area contributed by atoms with Crippen molar-refractivity contribution in [3.8, 4) is 5.75 Å². The lowest BCUT2D eigenvalue weighted by atomic mass is 10.2. The first-order valence-electron chi connectivity index (χ1n) is 4.98. The van der Waals surface area contributed by atoms with Gasteiger partial charge in [-0.3, -0.25) is 9.82 Å². The van der Waals surface area contributed by atoms with Crippen molar-refractivity contribution in [2.24, 2.45) is 0 Å². The molecular weight excluding hydrogens is 274 g/mol. The van der Waals surface area contributed by atoms with Crippen molar-refractivity contribution in [1.82, 2.24) is 10.2 Å². The molecule has 0 atom stereocenters. The van der Waals surface area contributed by atoms with E-state index in [1.165, 1.54) is 12.3 Å². The van der Waals surface area contributed by atoms with Gasteiger partial charge in [-0.1, -0.05) is 0 Å². The average molecular weight is 283 g/mol. The Morgan fingerprint density at radius 1 is 1.37 bits per heavy atom. The van der Waals surface area contributed by atoms with Gasteiger partial charge in [-0.15, -0.1) is 0 Å². The van der Waals surface area contributed by atoms with Crippen molar-refractivity contribution < 1.29 is 23.4 Å². The number of anilines is 1. The Morgan fingerprint density at radius 2 is 2.11 bits per heavy atom. The largest absolute Gasteiger partial charge is 0.507 e. The Labute approximate surface area is 107 Å². The number of aromatic carboxylic acids is 1. The number of hydrogen-bond donors (Lipinski definition) is 4. The average Bonchev–Trinajstić information content (AvgIpc) is 2.85. The van der Waals surface area contributed by atoms with Gasteiger partial charge in [0.2, 0.25) is 0 Å². The molecule has 8 nitrogen and oxygen atoms in total. The Morgan fingerprint density at radius 3 is 2.68 bits per heavy atom. The second-order valence-electron chi connectivity index (χ2n) is 3.58. The minimum Gasteiger partial charge on any atom is -0.507 e. The van der Waals surface area contributed by atoms with E-state index in [9.17, 15) is 18.3 Å². The maximum Gasteiger partial charge on any atom is 0.339 e. The highest BCUT2D eigenvalue weighted by molar-refractivity contribution is 7.92. The van der Waals surface area contributed by atoms with E-state index >= 15 is 0 Å². The number of aromatic hydroxyl groups is 1. The topological polar surface area (TPSA) is 132 Å². The van der Waals surface area contributed by atoms with Crippen LogP contribution in [0, 0.1) is 0 Å². The van der Waals surface area contributed by atoms with E-state index < -0.39 is 27.3 Å². The normalized spacial score (nSPS) is 11.2. The predicted molar refractivity (Wildman–Crippen MR) is 64.5 cm³/mol. The van der Waals surface area contributed by atoms with E-state index in [1.54, 1.807) is 0 Å². The van der Waals surface area contributed by atoms with Gasteiger partial charge in [-0.05, 0) is 18.2 Å². The molecule has 0 unspecified atom stereocenters. The van der Waals surface area contributed by atoms with Crippen molar-refractivity contribution in [3.05, 3.63) is 36.2 Å². The van der Waals surface area contributed by atoms with Crippen LogP contribution in [0.3, 0.4) is 0 Å². The first-order valence-corrected chi connectivity index (χ1v) is 6.46. The van der Waals surface area contributed by atoms with E-state index in [1.807, 2.05) is 0 Å². The highest BCUT2D eigenvalue weighted by Crippen LogP contribution is 2.23. The third kappa shape index (κ3) is 2.65. The zero-order valence-corrected chi connectivity index (χ0v) is 10.2. The summed E-state index contributed by atoms with van der Waals surface area (Å²) >= 11 is 0. The molecule has 9 heteroatoms. The smallest absolute Gasteiger partial charge is 0.339 e. The van der Waals surface area contributed by atoms with Crippen LogP contribution in [0.25, 0.3) is 0 Å². The number of benzene rings is 1. The summed E-state index contributed by atoms with van der Waals surface area (Å²) in [5.41, 5.74) is -0.371. The standard InChI is InChI=1S/C10H9N3O5S/c14-9-2-1-6(3-8(9)10(15)16)13-19(17,18)7-4-11-12-5-7/h1-5,13-14H,(H,11,12)(H,15,16). The number of carboxylic acids is 1. The minimum atomic E-state index is -3.84. The van der Waals surface area contributed by atoms with E-state index in [2.05, 4.69) is 14.9 Å². The lowest BCUT2D eigenvalue weighted by Gasteiger charge is -2.07. The lowest BCUT2D eigenvalue weighted by molar-refractivity contribution is 0.0694. The van der Waals surface area contributed by atoms with E-state index in [4.69, 9.17) is 5.11 Å². The molecule has 2 aromatic rings. The molecule has 0 amide bonds. The number of H-pyrrole nitrogens is 1. The number of sulfonamides is 1. The Balaban J connectivity index is 2.35. The molecule has 0 saturated heterocycles. The molecule has 1 heterocycles. The highest BCUT2D eigenvalue weighted by Gasteiger charge is 2.17. The molecule has 1 aromatic carbocycles. The van der Waals surface area contributed by atoms with Crippen molar-refractivity contribution in [2.45, 2.75) is 4.90 Å². The van der Waals surface area contributed by atoms with Gasteiger partial charge in [-0.25, -0.2) is 13.2 Å². The van der Waals surface area contributed by atoms with Gasteiger partial charge >= 0.3 is 5.97 Å². The van der Waals surface area contributed by atoms with Gasteiger partial charge in [-0.2, -0.15) is 5.10 Å². The van der Waals surface area contributed by atoms with Gasteiger partial charge in [0.05, 0.1) is 6.20 Å². The first kappa shape index (κ1) is 12.9. The molecule has 0 fully saturated rings. The molecule has 2 rings (SSSR count).